The molecule has 2 fully saturated rings. The molecule has 0 saturated carbocycles. The van der Waals surface area contributed by atoms with E-state index in [1.807, 2.05) is 11.8 Å². The maximum Gasteiger partial charge on any atom is 0.227 e. The Morgan fingerprint density at radius 1 is 1.47 bits per heavy atom. The molecule has 2 aliphatic rings. The highest BCUT2D eigenvalue weighted by molar-refractivity contribution is 5.79. The van der Waals surface area contributed by atoms with Gasteiger partial charge in [-0.1, -0.05) is 6.92 Å². The number of ether oxygens (including phenoxy) is 1. The van der Waals surface area contributed by atoms with E-state index in [1.165, 1.54) is 0 Å². The Kier molecular flexibility index (Phi) is 4.40. The highest BCUT2D eigenvalue weighted by atomic mass is 16.5. The number of hydrogen-bond acceptors (Lipinski definition) is 3. The van der Waals surface area contributed by atoms with E-state index in [-0.39, 0.29) is 5.92 Å². The Balaban J connectivity index is 1.84. The van der Waals surface area contributed by atoms with Gasteiger partial charge in [0.2, 0.25) is 5.91 Å². The average molecular weight is 240 g/mol. The SMILES string of the molecule is CCOC[C@@H]1CN(C(=O)[C@H]2CCNC2)C[C@@H]1C. The van der Waals surface area contributed by atoms with Crippen LogP contribution in [-0.4, -0.2) is 50.2 Å². The molecule has 0 bridgehead atoms. The number of carbonyl (C=O) groups is 1. The number of rotatable bonds is 4. The highest BCUT2D eigenvalue weighted by Crippen LogP contribution is 2.25. The second-order valence-corrected chi connectivity index (χ2v) is 5.33. The molecule has 4 heteroatoms. The molecule has 2 heterocycles. The van der Waals surface area contributed by atoms with Gasteiger partial charge in [0.15, 0.2) is 0 Å². The van der Waals surface area contributed by atoms with Crippen molar-refractivity contribution >= 4 is 5.91 Å². The topological polar surface area (TPSA) is 41.6 Å². The van der Waals surface area contributed by atoms with E-state index in [2.05, 4.69) is 12.2 Å². The van der Waals surface area contributed by atoms with Gasteiger partial charge in [0.25, 0.3) is 0 Å². The number of hydrogen-bond donors (Lipinski definition) is 1. The van der Waals surface area contributed by atoms with Gasteiger partial charge in [0, 0.05) is 32.2 Å². The predicted octanol–water partition coefficient (Wildman–Crippen LogP) is 0.727. The van der Waals surface area contributed by atoms with Crippen molar-refractivity contribution in [2.45, 2.75) is 20.3 Å². The summed E-state index contributed by atoms with van der Waals surface area (Å²) in [4.78, 5) is 14.3. The molecule has 1 N–H and O–H groups in total. The van der Waals surface area contributed by atoms with Crippen molar-refractivity contribution < 1.29 is 9.53 Å². The van der Waals surface area contributed by atoms with Gasteiger partial charge in [-0.05, 0) is 25.8 Å². The standard InChI is InChI=1S/C13H24N2O2/c1-3-17-9-12-8-15(7-10(12)2)13(16)11-4-5-14-6-11/h10-12,14H,3-9H2,1-2H3/t10-,11-,12-/m0/s1. The van der Waals surface area contributed by atoms with E-state index in [1.54, 1.807) is 0 Å². The molecule has 17 heavy (non-hydrogen) atoms. The van der Waals surface area contributed by atoms with Crippen LogP contribution in [0.2, 0.25) is 0 Å². The molecule has 0 aromatic carbocycles. The first kappa shape index (κ1) is 12.8. The maximum absolute atomic E-state index is 12.3. The van der Waals surface area contributed by atoms with Gasteiger partial charge in [-0.2, -0.15) is 0 Å². The molecular weight excluding hydrogens is 216 g/mol. The van der Waals surface area contributed by atoms with Gasteiger partial charge < -0.3 is 15.0 Å². The molecule has 3 atom stereocenters. The zero-order valence-electron chi connectivity index (χ0n) is 10.9. The van der Waals surface area contributed by atoms with Crippen molar-refractivity contribution in [3.05, 3.63) is 0 Å². The maximum atomic E-state index is 12.3. The number of amides is 1. The van der Waals surface area contributed by atoms with Crippen LogP contribution in [0, 0.1) is 17.8 Å². The lowest BCUT2D eigenvalue weighted by Crippen LogP contribution is -2.35. The van der Waals surface area contributed by atoms with Crippen LogP contribution in [0.3, 0.4) is 0 Å². The molecule has 2 aliphatic heterocycles. The third kappa shape index (κ3) is 2.99. The molecule has 2 rings (SSSR count). The molecule has 2 saturated heterocycles. The van der Waals surface area contributed by atoms with Crippen LogP contribution in [0.1, 0.15) is 20.3 Å². The van der Waals surface area contributed by atoms with E-state index in [4.69, 9.17) is 4.74 Å². The van der Waals surface area contributed by atoms with E-state index < -0.39 is 0 Å². The number of carbonyl (C=O) groups excluding carboxylic acids is 1. The Bertz CT molecular complexity index is 264. The first-order valence-electron chi connectivity index (χ1n) is 6.79. The van der Waals surface area contributed by atoms with Crippen LogP contribution in [0.5, 0.6) is 0 Å². The van der Waals surface area contributed by atoms with Gasteiger partial charge >= 0.3 is 0 Å². The van der Waals surface area contributed by atoms with E-state index in [0.717, 1.165) is 45.8 Å². The summed E-state index contributed by atoms with van der Waals surface area (Å²) in [5, 5.41) is 3.26. The van der Waals surface area contributed by atoms with Crippen LogP contribution in [0.25, 0.3) is 0 Å². The van der Waals surface area contributed by atoms with Crippen LogP contribution < -0.4 is 5.32 Å². The Labute approximate surface area is 104 Å². The van der Waals surface area contributed by atoms with Crippen LogP contribution in [-0.2, 0) is 9.53 Å². The largest absolute Gasteiger partial charge is 0.381 e. The smallest absolute Gasteiger partial charge is 0.227 e. The lowest BCUT2D eigenvalue weighted by Gasteiger charge is -2.20. The molecular formula is C13H24N2O2. The zero-order chi connectivity index (χ0) is 12.3. The van der Waals surface area contributed by atoms with Crippen molar-refractivity contribution in [3.8, 4) is 0 Å². The van der Waals surface area contributed by atoms with E-state index in [0.29, 0.717) is 17.7 Å². The Morgan fingerprint density at radius 2 is 2.29 bits per heavy atom. The first-order chi connectivity index (χ1) is 8.22. The molecule has 0 aromatic rings. The summed E-state index contributed by atoms with van der Waals surface area (Å²) in [5.74, 6) is 1.65. The molecule has 98 valence electrons. The lowest BCUT2D eigenvalue weighted by atomic mass is 9.99. The van der Waals surface area contributed by atoms with Gasteiger partial charge in [-0.3, -0.25) is 4.79 Å². The van der Waals surface area contributed by atoms with Crippen molar-refractivity contribution in [1.29, 1.82) is 0 Å². The summed E-state index contributed by atoms with van der Waals surface area (Å²) >= 11 is 0. The lowest BCUT2D eigenvalue weighted by molar-refractivity contribution is -0.134. The van der Waals surface area contributed by atoms with Crippen LogP contribution in [0.15, 0.2) is 0 Å². The molecule has 0 unspecified atom stereocenters. The third-order valence-corrected chi connectivity index (χ3v) is 4.03. The Morgan fingerprint density at radius 3 is 2.94 bits per heavy atom. The second-order valence-electron chi connectivity index (χ2n) is 5.33. The normalized spacial score (nSPS) is 33.3. The van der Waals surface area contributed by atoms with Gasteiger partial charge in [-0.25, -0.2) is 0 Å². The number of nitrogens with one attached hydrogen (secondary N) is 1. The van der Waals surface area contributed by atoms with Gasteiger partial charge in [-0.15, -0.1) is 0 Å². The van der Waals surface area contributed by atoms with Gasteiger partial charge in [0.05, 0.1) is 12.5 Å². The van der Waals surface area contributed by atoms with Crippen molar-refractivity contribution in [2.75, 3.05) is 39.4 Å². The molecule has 0 aromatic heterocycles. The molecule has 1 amide bonds. The summed E-state index contributed by atoms with van der Waals surface area (Å²) in [5.41, 5.74) is 0. The number of likely N-dealkylation sites (tertiary alicyclic amines) is 1. The van der Waals surface area contributed by atoms with Crippen molar-refractivity contribution in [1.82, 2.24) is 10.2 Å². The highest BCUT2D eigenvalue weighted by Gasteiger charge is 2.35. The summed E-state index contributed by atoms with van der Waals surface area (Å²) in [6.45, 7) is 9.45. The predicted molar refractivity (Wildman–Crippen MR) is 66.7 cm³/mol. The minimum Gasteiger partial charge on any atom is -0.381 e. The van der Waals surface area contributed by atoms with E-state index in [9.17, 15) is 4.79 Å². The van der Waals surface area contributed by atoms with E-state index >= 15 is 0 Å². The quantitative estimate of drug-likeness (QED) is 0.787. The molecule has 4 nitrogen and oxygen atoms in total. The van der Waals surface area contributed by atoms with Crippen molar-refractivity contribution in [3.63, 3.8) is 0 Å². The van der Waals surface area contributed by atoms with Gasteiger partial charge in [0.1, 0.15) is 0 Å². The fourth-order valence-electron chi connectivity index (χ4n) is 2.82. The van der Waals surface area contributed by atoms with Crippen LogP contribution >= 0.6 is 0 Å². The minimum atomic E-state index is 0.216. The second kappa shape index (κ2) is 5.83. The fourth-order valence-corrected chi connectivity index (χ4v) is 2.82. The average Bonchev–Trinajstić information content (AvgIpc) is 2.95. The van der Waals surface area contributed by atoms with Crippen LogP contribution in [0.4, 0.5) is 0 Å². The summed E-state index contributed by atoms with van der Waals surface area (Å²) < 4.78 is 5.49. The third-order valence-electron chi connectivity index (χ3n) is 4.03. The monoisotopic (exact) mass is 240 g/mol. The molecule has 0 spiro atoms. The minimum absolute atomic E-state index is 0.216. The zero-order valence-corrected chi connectivity index (χ0v) is 10.9. The summed E-state index contributed by atoms with van der Waals surface area (Å²) in [6.07, 6.45) is 1.000. The number of nitrogens with zero attached hydrogens (tertiary/aromatic N) is 1. The Hall–Kier alpha value is -0.610. The molecule has 0 radical (unpaired) electrons. The van der Waals surface area contributed by atoms with Crippen molar-refractivity contribution in [2.24, 2.45) is 17.8 Å². The summed E-state index contributed by atoms with van der Waals surface area (Å²) in [6, 6.07) is 0. The molecule has 0 aliphatic carbocycles. The fraction of sp³-hybridized carbons (Fsp3) is 0.923. The first-order valence-corrected chi connectivity index (χ1v) is 6.79. The summed E-state index contributed by atoms with van der Waals surface area (Å²) in [7, 11) is 0.